The van der Waals surface area contributed by atoms with Crippen LogP contribution in [-0.4, -0.2) is 26.8 Å². The number of hydrogen-bond donors (Lipinski definition) is 2. The van der Waals surface area contributed by atoms with Crippen LogP contribution in [0.2, 0.25) is 0 Å². The largest absolute Gasteiger partial charge is 0.508 e. The lowest BCUT2D eigenvalue weighted by Crippen LogP contribution is -2.38. The molecule has 2 N–H and O–H groups in total. The molecule has 3 aromatic rings. The van der Waals surface area contributed by atoms with E-state index in [1.807, 2.05) is 13.8 Å². The molecule has 0 aliphatic heterocycles. The van der Waals surface area contributed by atoms with Gasteiger partial charge in [0.1, 0.15) is 11.6 Å². The molecule has 6 heteroatoms. The molecule has 0 unspecified atom stereocenters. The molecule has 2 aromatic carbocycles. The van der Waals surface area contributed by atoms with Crippen molar-refractivity contribution < 1.29 is 24.1 Å². The fourth-order valence-corrected chi connectivity index (χ4v) is 2.99. The summed E-state index contributed by atoms with van der Waals surface area (Å²) in [6.45, 7) is 6.81. The highest BCUT2D eigenvalue weighted by atomic mass is 19.1. The van der Waals surface area contributed by atoms with Crippen molar-refractivity contribution in [2.45, 2.75) is 39.2 Å². The summed E-state index contributed by atoms with van der Waals surface area (Å²) in [6, 6.07) is 10.9. The van der Waals surface area contributed by atoms with Crippen molar-refractivity contribution in [2.24, 2.45) is 0 Å². The Morgan fingerprint density at radius 3 is 2.32 bits per heavy atom. The summed E-state index contributed by atoms with van der Waals surface area (Å²) in [5.74, 6) is -1.33. The van der Waals surface area contributed by atoms with Gasteiger partial charge in [-0.25, -0.2) is 14.2 Å². The molecular formula is C22H22FNO4. The first-order valence-electron chi connectivity index (χ1n) is 8.95. The van der Waals surface area contributed by atoms with E-state index in [0.717, 1.165) is 16.5 Å². The van der Waals surface area contributed by atoms with E-state index in [2.05, 4.69) is 4.98 Å². The molecule has 0 aliphatic carbocycles. The zero-order chi connectivity index (χ0) is 20.6. The third-order valence-corrected chi connectivity index (χ3v) is 4.53. The van der Waals surface area contributed by atoms with Gasteiger partial charge in [-0.15, -0.1) is 0 Å². The van der Waals surface area contributed by atoms with Gasteiger partial charge in [-0.2, -0.15) is 0 Å². The van der Waals surface area contributed by atoms with Crippen LogP contribution in [0.1, 0.15) is 39.3 Å². The molecule has 5 nitrogen and oxygen atoms in total. The lowest BCUT2D eigenvalue weighted by molar-refractivity contribution is -0.152. The molecule has 0 saturated carbocycles. The quantitative estimate of drug-likeness (QED) is 0.640. The number of phenols is 1. The molecule has 0 aliphatic rings. The molecule has 146 valence electrons. The Kier molecular flexibility index (Phi) is 4.98. The Morgan fingerprint density at radius 1 is 1.11 bits per heavy atom. The number of pyridine rings is 1. The summed E-state index contributed by atoms with van der Waals surface area (Å²) in [7, 11) is 0. The minimum absolute atomic E-state index is 0.00598. The van der Waals surface area contributed by atoms with Gasteiger partial charge in [0.15, 0.2) is 0 Å². The number of ether oxygens (including phenoxy) is 1. The number of halogens is 1. The van der Waals surface area contributed by atoms with Crippen molar-refractivity contribution in [3.05, 3.63) is 54.0 Å². The summed E-state index contributed by atoms with van der Waals surface area (Å²) in [5, 5.41) is 20.6. The Morgan fingerprint density at radius 2 is 1.75 bits per heavy atom. The topological polar surface area (TPSA) is 79.7 Å². The van der Waals surface area contributed by atoms with Crippen molar-refractivity contribution in [2.75, 3.05) is 0 Å². The van der Waals surface area contributed by atoms with E-state index in [9.17, 15) is 19.4 Å². The highest BCUT2D eigenvalue weighted by Gasteiger charge is 2.31. The number of rotatable bonds is 5. The number of carbonyl (C=O) groups is 1. The Balaban J connectivity index is 2.35. The fourth-order valence-electron chi connectivity index (χ4n) is 2.99. The van der Waals surface area contributed by atoms with Crippen LogP contribution in [0.5, 0.6) is 11.6 Å². The van der Waals surface area contributed by atoms with Gasteiger partial charge >= 0.3 is 5.97 Å². The summed E-state index contributed by atoms with van der Waals surface area (Å²) in [6.07, 6.45) is 0. The fraction of sp³-hybridized carbons (Fsp3) is 0.273. The maximum absolute atomic E-state index is 13.4. The zero-order valence-corrected chi connectivity index (χ0v) is 16.2. The highest BCUT2D eigenvalue weighted by Crippen LogP contribution is 2.40. The van der Waals surface area contributed by atoms with E-state index in [4.69, 9.17) is 4.74 Å². The Bertz CT molecular complexity index is 1040. The average Bonchev–Trinajstić information content (AvgIpc) is 2.62. The van der Waals surface area contributed by atoms with Gasteiger partial charge in [0.05, 0.1) is 5.69 Å². The van der Waals surface area contributed by atoms with Gasteiger partial charge in [0.2, 0.25) is 11.5 Å². The summed E-state index contributed by atoms with van der Waals surface area (Å²) < 4.78 is 19.2. The van der Waals surface area contributed by atoms with Crippen LogP contribution in [0.15, 0.2) is 42.5 Å². The number of aliphatic carboxylic acids is 1. The molecule has 3 rings (SSSR count). The second-order valence-electron chi connectivity index (χ2n) is 7.49. The highest BCUT2D eigenvalue weighted by molar-refractivity contribution is 6.01. The van der Waals surface area contributed by atoms with Crippen LogP contribution in [0.25, 0.3) is 21.9 Å². The normalized spacial score (nSPS) is 11.8. The number of aromatic nitrogens is 1. The van der Waals surface area contributed by atoms with Gasteiger partial charge in [0, 0.05) is 10.9 Å². The summed E-state index contributed by atoms with van der Waals surface area (Å²) in [5.41, 5.74) is 0.764. The molecule has 0 atom stereocenters. The van der Waals surface area contributed by atoms with E-state index < -0.39 is 11.6 Å². The first-order chi connectivity index (χ1) is 13.1. The van der Waals surface area contributed by atoms with Gasteiger partial charge in [-0.3, -0.25) is 0 Å². The first kappa shape index (κ1) is 19.6. The van der Waals surface area contributed by atoms with Crippen LogP contribution >= 0.6 is 0 Å². The van der Waals surface area contributed by atoms with E-state index >= 15 is 0 Å². The first-order valence-corrected chi connectivity index (χ1v) is 8.95. The lowest BCUT2D eigenvalue weighted by Gasteiger charge is -2.24. The van der Waals surface area contributed by atoms with Crippen LogP contribution in [0, 0.1) is 5.82 Å². The molecular weight excluding hydrogens is 361 g/mol. The standard InChI is InChI=1S/C22H22FNO4/c1-12(2)19-18(13-5-7-14(23)8-6-13)16-10-9-15(25)11-17(16)20(24-19)28-22(3,4)21(26)27/h5-12,25H,1-4H3,(H,26,27). The predicted molar refractivity (Wildman–Crippen MR) is 105 cm³/mol. The molecule has 0 fully saturated rings. The Hall–Kier alpha value is -3.15. The number of aromatic hydroxyl groups is 1. The van der Waals surface area contributed by atoms with Crippen molar-refractivity contribution in [3.8, 4) is 22.8 Å². The van der Waals surface area contributed by atoms with Crippen molar-refractivity contribution in [1.82, 2.24) is 4.98 Å². The number of fused-ring (bicyclic) bond motifs is 1. The molecule has 0 bridgehead atoms. The van der Waals surface area contributed by atoms with Gasteiger partial charge in [-0.05, 0) is 61.0 Å². The molecule has 0 spiro atoms. The lowest BCUT2D eigenvalue weighted by atomic mass is 9.92. The summed E-state index contributed by atoms with van der Waals surface area (Å²) >= 11 is 0. The van der Waals surface area contributed by atoms with Crippen LogP contribution < -0.4 is 4.74 Å². The predicted octanol–water partition coefficient (Wildman–Crippen LogP) is 5.11. The van der Waals surface area contributed by atoms with E-state index in [0.29, 0.717) is 11.1 Å². The number of phenolic OH excluding ortho intramolecular Hbond substituents is 1. The van der Waals surface area contributed by atoms with Crippen molar-refractivity contribution in [3.63, 3.8) is 0 Å². The smallest absolute Gasteiger partial charge is 0.347 e. The van der Waals surface area contributed by atoms with Gasteiger partial charge in [0.25, 0.3) is 0 Å². The number of hydrogen-bond acceptors (Lipinski definition) is 4. The average molecular weight is 383 g/mol. The number of nitrogens with zero attached hydrogens (tertiary/aromatic N) is 1. The molecule has 28 heavy (non-hydrogen) atoms. The monoisotopic (exact) mass is 383 g/mol. The maximum atomic E-state index is 13.4. The van der Waals surface area contributed by atoms with Crippen LogP contribution in [0.3, 0.4) is 0 Å². The van der Waals surface area contributed by atoms with Gasteiger partial charge in [-0.1, -0.05) is 26.0 Å². The van der Waals surface area contributed by atoms with Gasteiger partial charge < -0.3 is 14.9 Å². The molecule has 0 saturated heterocycles. The second kappa shape index (κ2) is 7.11. The minimum Gasteiger partial charge on any atom is -0.508 e. The number of carboxylic acids is 1. The summed E-state index contributed by atoms with van der Waals surface area (Å²) in [4.78, 5) is 16.1. The van der Waals surface area contributed by atoms with E-state index in [-0.39, 0.29) is 23.4 Å². The number of benzene rings is 2. The SMILES string of the molecule is CC(C)c1nc(OC(C)(C)C(=O)O)c2cc(O)ccc2c1-c1ccc(F)cc1. The van der Waals surface area contributed by atoms with E-state index in [1.54, 1.807) is 24.3 Å². The number of carboxylic acid groups (broad SMARTS) is 1. The molecule has 1 aromatic heterocycles. The second-order valence-corrected chi connectivity index (χ2v) is 7.49. The molecule has 0 amide bonds. The van der Waals surface area contributed by atoms with Crippen LogP contribution in [-0.2, 0) is 4.79 Å². The van der Waals surface area contributed by atoms with Crippen LogP contribution in [0.4, 0.5) is 4.39 Å². The van der Waals surface area contributed by atoms with Crippen molar-refractivity contribution in [1.29, 1.82) is 0 Å². The van der Waals surface area contributed by atoms with E-state index in [1.165, 1.54) is 32.0 Å². The minimum atomic E-state index is -1.50. The Labute approximate surface area is 162 Å². The third kappa shape index (κ3) is 3.63. The molecule has 1 heterocycles. The molecule has 0 radical (unpaired) electrons. The maximum Gasteiger partial charge on any atom is 0.347 e. The van der Waals surface area contributed by atoms with Crippen molar-refractivity contribution >= 4 is 16.7 Å². The third-order valence-electron chi connectivity index (χ3n) is 4.53. The zero-order valence-electron chi connectivity index (χ0n) is 16.2.